The molecule has 0 bridgehead atoms. The number of aliphatic hydroxyl groups is 3. The van der Waals surface area contributed by atoms with Gasteiger partial charge in [0.2, 0.25) is 0 Å². The smallest absolute Gasteiger partial charge is 0.302 e. The first-order chi connectivity index (χ1) is 21.5. The van der Waals surface area contributed by atoms with Crippen molar-refractivity contribution in [2.45, 2.75) is 77.2 Å². The summed E-state index contributed by atoms with van der Waals surface area (Å²) < 4.78 is 22.0. The maximum atomic E-state index is 11.2. The number of carboxylic acid groups (broad SMARTS) is 3. The number of carboxylic acids is 3. The number of esters is 1. The molecule has 2 fully saturated rings. The van der Waals surface area contributed by atoms with E-state index in [4.69, 9.17) is 60.3 Å². The van der Waals surface area contributed by atoms with Crippen LogP contribution in [0.25, 0.3) is 0 Å². The van der Waals surface area contributed by atoms with Gasteiger partial charge in [0.25, 0.3) is 17.9 Å². The molecule has 2 saturated heterocycles. The zero-order valence-electron chi connectivity index (χ0n) is 25.9. The van der Waals surface area contributed by atoms with Crippen molar-refractivity contribution < 1.29 is 68.8 Å². The number of carbonyl (C=O) groups is 4. The van der Waals surface area contributed by atoms with Crippen molar-refractivity contribution in [3.63, 3.8) is 0 Å². The van der Waals surface area contributed by atoms with Crippen molar-refractivity contribution in [3.05, 3.63) is 64.2 Å². The second kappa shape index (κ2) is 20.4. The quantitative estimate of drug-likeness (QED) is 0.232. The third-order valence-electron chi connectivity index (χ3n) is 6.07. The molecule has 2 heterocycles. The molecule has 0 unspecified atom stereocenters. The number of ether oxygens (including phenoxy) is 4. The lowest BCUT2D eigenvalue weighted by atomic mass is 9.90. The van der Waals surface area contributed by atoms with E-state index in [1.54, 1.807) is 12.1 Å². The number of hydrogen-bond acceptors (Lipinski definition) is 11. The Morgan fingerprint density at radius 3 is 1.91 bits per heavy atom. The van der Waals surface area contributed by atoms with Crippen LogP contribution in [0.5, 0.6) is 5.75 Å². The summed E-state index contributed by atoms with van der Waals surface area (Å²) in [5.41, 5.74) is 2.42. The topological polar surface area (TPSA) is 227 Å². The molecule has 15 heteroatoms. The highest BCUT2D eigenvalue weighted by molar-refractivity contribution is 6.31. The summed E-state index contributed by atoms with van der Waals surface area (Å²) in [7, 11) is 0. The summed E-state index contributed by atoms with van der Waals surface area (Å²) in [4.78, 5) is 38.2. The van der Waals surface area contributed by atoms with E-state index in [1.807, 2.05) is 30.3 Å². The van der Waals surface area contributed by atoms with Crippen LogP contribution >= 0.6 is 11.6 Å². The second-order valence-corrected chi connectivity index (χ2v) is 10.6. The Morgan fingerprint density at radius 2 is 1.41 bits per heavy atom. The van der Waals surface area contributed by atoms with Crippen LogP contribution in [-0.2, 0) is 39.8 Å². The van der Waals surface area contributed by atoms with Crippen molar-refractivity contribution in [2.24, 2.45) is 0 Å². The molecule has 14 nitrogen and oxygen atoms in total. The van der Waals surface area contributed by atoms with Gasteiger partial charge < -0.3 is 49.6 Å². The van der Waals surface area contributed by atoms with Crippen LogP contribution in [0.1, 0.15) is 56.9 Å². The van der Waals surface area contributed by atoms with E-state index in [-0.39, 0.29) is 12.7 Å². The predicted molar refractivity (Wildman–Crippen MR) is 163 cm³/mol. The predicted octanol–water partition coefficient (Wildman–Crippen LogP) is 2.46. The van der Waals surface area contributed by atoms with Crippen LogP contribution < -0.4 is 4.74 Å². The molecule has 256 valence electrons. The summed E-state index contributed by atoms with van der Waals surface area (Å²) in [6.07, 6.45) is -4.64. The number of hydrogen-bond donors (Lipinski definition) is 6. The molecule has 2 aliphatic heterocycles. The van der Waals surface area contributed by atoms with Crippen LogP contribution in [0.2, 0.25) is 5.02 Å². The summed E-state index contributed by atoms with van der Waals surface area (Å²) >= 11 is 6.44. The number of halogens is 1. The number of aliphatic carboxylic acids is 3. The molecule has 0 spiro atoms. The average Bonchev–Trinajstić information content (AvgIpc) is 3.46. The highest BCUT2D eigenvalue weighted by Crippen LogP contribution is 2.35. The normalized spacial score (nSPS) is 23.1. The molecule has 2 aromatic rings. The first-order valence-electron chi connectivity index (χ1n) is 14.0. The molecule has 4 rings (SSSR count). The molecule has 0 saturated carbocycles. The standard InChI is InChI=1S/C25H29ClO8.3C2H4O2/c1-14(27)32-13-21-22(28)23(29)24(30)25(34-21)16-4-7-20(26)17(11-16)10-15-2-5-18(6-3-15)33-19-8-9-31-12-19;3*1-2(3)4/h2-7,11,19,21-25,28-30H,8-10,12-13H2,1H3;3*1H3,(H,3,4)/t19-,21+,22-,23-,24-,25-;;;/m0.../s1. The van der Waals surface area contributed by atoms with Gasteiger partial charge in [0.05, 0.1) is 13.2 Å². The van der Waals surface area contributed by atoms with E-state index in [9.17, 15) is 20.1 Å². The Hall–Kier alpha value is -3.79. The van der Waals surface area contributed by atoms with E-state index < -0.39 is 54.4 Å². The highest BCUT2D eigenvalue weighted by Gasteiger charge is 2.44. The highest BCUT2D eigenvalue weighted by atomic mass is 35.5. The summed E-state index contributed by atoms with van der Waals surface area (Å²) in [6, 6.07) is 13.0. The fourth-order valence-electron chi connectivity index (χ4n) is 4.17. The van der Waals surface area contributed by atoms with Gasteiger partial charge in [0.1, 0.15) is 49.0 Å². The molecule has 0 aromatic heterocycles. The first-order valence-corrected chi connectivity index (χ1v) is 14.4. The van der Waals surface area contributed by atoms with Gasteiger partial charge in [-0.1, -0.05) is 35.9 Å². The third-order valence-corrected chi connectivity index (χ3v) is 6.44. The van der Waals surface area contributed by atoms with Crippen LogP contribution in [0.3, 0.4) is 0 Å². The van der Waals surface area contributed by atoms with Crippen LogP contribution in [-0.4, -0.2) is 105 Å². The van der Waals surface area contributed by atoms with Crippen molar-refractivity contribution in [3.8, 4) is 5.75 Å². The minimum Gasteiger partial charge on any atom is -0.488 e. The largest absolute Gasteiger partial charge is 0.488 e. The van der Waals surface area contributed by atoms with Gasteiger partial charge in [-0.25, -0.2) is 0 Å². The van der Waals surface area contributed by atoms with Gasteiger partial charge in [0, 0.05) is 39.1 Å². The molecular weight excluding hydrogens is 632 g/mol. The zero-order valence-corrected chi connectivity index (χ0v) is 26.6. The Bertz CT molecular complexity index is 1220. The number of rotatable bonds is 7. The second-order valence-electron chi connectivity index (χ2n) is 10.2. The van der Waals surface area contributed by atoms with Gasteiger partial charge >= 0.3 is 5.97 Å². The Balaban J connectivity index is 0.000000758. The lowest BCUT2D eigenvalue weighted by Crippen LogP contribution is -2.55. The SMILES string of the molecule is CC(=O)O.CC(=O)O.CC(=O)O.CC(=O)OC[C@H]1O[C@@H](c2ccc(Cl)c(Cc3ccc(O[C@H]4CCOC4)cc3)c2)[C@@H](O)[C@@H](O)[C@H]1O. The van der Waals surface area contributed by atoms with Crippen molar-refractivity contribution in [2.75, 3.05) is 19.8 Å². The van der Waals surface area contributed by atoms with E-state index in [0.717, 1.165) is 50.7 Å². The molecule has 6 N–H and O–H groups in total. The van der Waals surface area contributed by atoms with Gasteiger partial charge in [0.15, 0.2) is 0 Å². The minimum absolute atomic E-state index is 0.0810. The van der Waals surface area contributed by atoms with Gasteiger partial charge in [-0.05, 0) is 41.3 Å². The third kappa shape index (κ3) is 15.5. The van der Waals surface area contributed by atoms with E-state index >= 15 is 0 Å². The van der Waals surface area contributed by atoms with Gasteiger partial charge in [-0.3, -0.25) is 19.2 Å². The molecule has 0 amide bonds. The monoisotopic (exact) mass is 672 g/mol. The molecule has 2 aromatic carbocycles. The fourth-order valence-corrected chi connectivity index (χ4v) is 4.36. The number of benzene rings is 2. The molecule has 6 atom stereocenters. The lowest BCUT2D eigenvalue weighted by Gasteiger charge is -2.40. The number of aliphatic hydroxyl groups excluding tert-OH is 3. The minimum atomic E-state index is -1.46. The molecule has 0 aliphatic carbocycles. The first kappa shape index (κ1) is 40.2. The molecule has 2 aliphatic rings. The summed E-state index contributed by atoms with van der Waals surface area (Å²) in [6.45, 7) is 5.58. The van der Waals surface area contributed by atoms with E-state index in [2.05, 4.69) is 0 Å². The maximum Gasteiger partial charge on any atom is 0.302 e. The molecule has 0 radical (unpaired) electrons. The number of carbonyl (C=O) groups excluding carboxylic acids is 1. The van der Waals surface area contributed by atoms with Gasteiger partial charge in [-0.15, -0.1) is 0 Å². The van der Waals surface area contributed by atoms with Crippen molar-refractivity contribution in [1.29, 1.82) is 0 Å². The van der Waals surface area contributed by atoms with Crippen LogP contribution in [0.4, 0.5) is 0 Å². The maximum absolute atomic E-state index is 11.2. The zero-order chi connectivity index (χ0) is 35.0. The average molecular weight is 673 g/mol. The molecule has 46 heavy (non-hydrogen) atoms. The van der Waals surface area contributed by atoms with Crippen LogP contribution in [0.15, 0.2) is 42.5 Å². The Morgan fingerprint density at radius 1 is 0.848 bits per heavy atom. The Kier molecular flexibility index (Phi) is 17.8. The van der Waals surface area contributed by atoms with Gasteiger partial charge in [-0.2, -0.15) is 0 Å². The Labute approximate surface area is 271 Å². The van der Waals surface area contributed by atoms with Crippen molar-refractivity contribution >= 4 is 35.5 Å². The lowest BCUT2D eigenvalue weighted by molar-refractivity contribution is -0.234. The fraction of sp³-hybridized carbons (Fsp3) is 0.484. The summed E-state index contributed by atoms with van der Waals surface area (Å²) in [5, 5.41) is 53.9. The van der Waals surface area contributed by atoms with E-state index in [1.165, 1.54) is 6.92 Å². The van der Waals surface area contributed by atoms with Crippen molar-refractivity contribution in [1.82, 2.24) is 0 Å². The summed E-state index contributed by atoms with van der Waals surface area (Å²) in [5.74, 6) is -2.25. The molecular formula is C31H41ClO14. The van der Waals surface area contributed by atoms with E-state index in [0.29, 0.717) is 23.6 Å². The van der Waals surface area contributed by atoms with Crippen LogP contribution in [0, 0.1) is 0 Å².